The Morgan fingerprint density at radius 1 is 1.32 bits per heavy atom. The van der Waals surface area contributed by atoms with E-state index in [0.29, 0.717) is 17.1 Å². The molecular weight excluding hydrogens is 338 g/mol. The molecule has 0 fully saturated rings. The highest BCUT2D eigenvalue weighted by molar-refractivity contribution is 7.71. The molecule has 0 bridgehead atoms. The van der Waals surface area contributed by atoms with Gasteiger partial charge in [0.1, 0.15) is 5.75 Å². The highest BCUT2D eigenvalue weighted by atomic mass is 32.1. The van der Waals surface area contributed by atoms with Gasteiger partial charge in [0, 0.05) is 29.1 Å². The van der Waals surface area contributed by atoms with Crippen LogP contribution in [0.2, 0.25) is 0 Å². The standard InChI is InChI=1S/C17H19N5O2S/c1-10-13(11(2)22-16(19-10)20-17(25)21-22)8-15(23)18-9-12-6-4-5-7-14(12)24-3/h4-7H,8-9H2,1-3H3,(H,18,23)(H,21,25). The summed E-state index contributed by atoms with van der Waals surface area (Å²) in [5, 5.41) is 5.88. The summed E-state index contributed by atoms with van der Waals surface area (Å²) >= 11 is 5.05. The fraction of sp³-hybridized carbons (Fsp3) is 0.294. The summed E-state index contributed by atoms with van der Waals surface area (Å²) in [6.45, 7) is 4.19. The molecular formula is C17H19N5O2S. The monoisotopic (exact) mass is 357 g/mol. The number of nitrogens with zero attached hydrogens (tertiary/aromatic N) is 3. The molecule has 130 valence electrons. The first-order chi connectivity index (χ1) is 12.0. The van der Waals surface area contributed by atoms with Gasteiger partial charge in [-0.15, -0.1) is 0 Å². The SMILES string of the molecule is COc1ccccc1CNC(=O)Cc1c(C)nc2nc(=S)[nH]n2c1C. The quantitative estimate of drug-likeness (QED) is 0.685. The number of amides is 1. The topological polar surface area (TPSA) is 84.3 Å². The van der Waals surface area contributed by atoms with Gasteiger partial charge in [-0.25, -0.2) is 9.50 Å². The van der Waals surface area contributed by atoms with Crippen molar-refractivity contribution in [1.29, 1.82) is 0 Å². The van der Waals surface area contributed by atoms with E-state index in [-0.39, 0.29) is 12.3 Å². The number of carbonyl (C=O) groups is 1. The van der Waals surface area contributed by atoms with Crippen LogP contribution >= 0.6 is 12.2 Å². The van der Waals surface area contributed by atoms with Gasteiger partial charge in [-0.2, -0.15) is 4.98 Å². The van der Waals surface area contributed by atoms with E-state index in [4.69, 9.17) is 17.0 Å². The first-order valence-corrected chi connectivity index (χ1v) is 8.24. The molecule has 1 aromatic carbocycles. The number of hydrogen-bond donors (Lipinski definition) is 2. The highest BCUT2D eigenvalue weighted by Gasteiger charge is 2.14. The van der Waals surface area contributed by atoms with Crippen LogP contribution in [-0.2, 0) is 17.8 Å². The Morgan fingerprint density at radius 3 is 2.84 bits per heavy atom. The molecule has 0 saturated heterocycles. The number of methoxy groups -OCH3 is 1. The Kier molecular flexibility index (Phi) is 4.80. The Morgan fingerprint density at radius 2 is 2.08 bits per heavy atom. The summed E-state index contributed by atoms with van der Waals surface area (Å²) in [5.41, 5.74) is 3.43. The van der Waals surface area contributed by atoms with Crippen molar-refractivity contribution in [1.82, 2.24) is 24.9 Å². The van der Waals surface area contributed by atoms with Crippen LogP contribution in [0, 0.1) is 18.6 Å². The minimum Gasteiger partial charge on any atom is -0.496 e. The fourth-order valence-corrected chi connectivity index (χ4v) is 2.93. The lowest BCUT2D eigenvalue weighted by Gasteiger charge is -2.12. The van der Waals surface area contributed by atoms with Gasteiger partial charge < -0.3 is 10.1 Å². The van der Waals surface area contributed by atoms with Crippen LogP contribution in [0.15, 0.2) is 24.3 Å². The molecule has 2 aromatic heterocycles. The normalized spacial score (nSPS) is 10.8. The first-order valence-electron chi connectivity index (χ1n) is 7.83. The van der Waals surface area contributed by atoms with Crippen molar-refractivity contribution in [3.63, 3.8) is 0 Å². The van der Waals surface area contributed by atoms with Crippen molar-refractivity contribution in [2.75, 3.05) is 7.11 Å². The molecule has 25 heavy (non-hydrogen) atoms. The minimum absolute atomic E-state index is 0.0861. The number of ether oxygens (including phenoxy) is 1. The van der Waals surface area contributed by atoms with Crippen molar-refractivity contribution in [2.45, 2.75) is 26.8 Å². The van der Waals surface area contributed by atoms with Gasteiger partial charge >= 0.3 is 0 Å². The van der Waals surface area contributed by atoms with Gasteiger partial charge in [0.15, 0.2) is 0 Å². The third kappa shape index (κ3) is 3.53. The average molecular weight is 357 g/mol. The zero-order valence-electron chi connectivity index (χ0n) is 14.3. The van der Waals surface area contributed by atoms with E-state index in [9.17, 15) is 4.79 Å². The molecule has 7 nitrogen and oxygen atoms in total. The van der Waals surface area contributed by atoms with Gasteiger partial charge in [-0.1, -0.05) is 18.2 Å². The lowest BCUT2D eigenvalue weighted by Crippen LogP contribution is -2.26. The summed E-state index contributed by atoms with van der Waals surface area (Å²) in [6.07, 6.45) is 0.231. The number of nitrogens with one attached hydrogen (secondary N) is 2. The second-order valence-corrected chi connectivity index (χ2v) is 6.08. The van der Waals surface area contributed by atoms with E-state index in [2.05, 4.69) is 20.4 Å². The Bertz CT molecular complexity index is 992. The highest BCUT2D eigenvalue weighted by Crippen LogP contribution is 2.17. The Labute approximate surface area is 150 Å². The van der Waals surface area contributed by atoms with Gasteiger partial charge in [-0.05, 0) is 32.1 Å². The molecule has 0 aliphatic heterocycles. The Hall–Kier alpha value is -2.74. The maximum Gasteiger partial charge on any atom is 0.252 e. The maximum absolute atomic E-state index is 12.4. The number of fused-ring (bicyclic) bond motifs is 1. The van der Waals surface area contributed by atoms with Crippen LogP contribution in [0.3, 0.4) is 0 Å². The smallest absolute Gasteiger partial charge is 0.252 e. The van der Waals surface area contributed by atoms with Crippen LogP contribution in [0.1, 0.15) is 22.5 Å². The molecule has 0 spiro atoms. The number of aryl methyl sites for hydroxylation is 2. The molecule has 3 rings (SSSR count). The molecule has 0 radical (unpaired) electrons. The Balaban J connectivity index is 1.77. The van der Waals surface area contributed by atoms with E-state index in [1.54, 1.807) is 11.6 Å². The number of carbonyl (C=O) groups excluding carboxylic acids is 1. The van der Waals surface area contributed by atoms with E-state index < -0.39 is 0 Å². The largest absolute Gasteiger partial charge is 0.496 e. The fourth-order valence-electron chi connectivity index (χ4n) is 2.76. The molecule has 8 heteroatoms. The molecule has 0 aliphatic carbocycles. The zero-order valence-corrected chi connectivity index (χ0v) is 15.1. The molecule has 0 atom stereocenters. The first kappa shape index (κ1) is 17.1. The van der Waals surface area contributed by atoms with E-state index in [1.807, 2.05) is 38.1 Å². The van der Waals surface area contributed by atoms with Gasteiger partial charge in [0.2, 0.25) is 10.7 Å². The van der Waals surface area contributed by atoms with Crippen LogP contribution in [0.5, 0.6) is 5.75 Å². The third-order valence-electron chi connectivity index (χ3n) is 4.09. The van der Waals surface area contributed by atoms with E-state index in [1.165, 1.54) is 0 Å². The van der Waals surface area contributed by atoms with Crippen molar-refractivity contribution in [3.8, 4) is 5.75 Å². The van der Waals surface area contributed by atoms with Gasteiger partial charge in [0.25, 0.3) is 5.78 Å². The van der Waals surface area contributed by atoms with Gasteiger partial charge in [-0.3, -0.25) is 9.89 Å². The molecule has 0 unspecified atom stereocenters. The third-order valence-corrected chi connectivity index (χ3v) is 4.27. The minimum atomic E-state index is -0.0861. The average Bonchev–Trinajstić information content (AvgIpc) is 2.97. The summed E-state index contributed by atoms with van der Waals surface area (Å²) in [7, 11) is 1.61. The molecule has 0 saturated carbocycles. The van der Waals surface area contributed by atoms with Crippen LogP contribution < -0.4 is 10.1 Å². The lowest BCUT2D eigenvalue weighted by atomic mass is 10.1. The van der Waals surface area contributed by atoms with E-state index in [0.717, 1.165) is 28.3 Å². The molecule has 2 heterocycles. The lowest BCUT2D eigenvalue weighted by molar-refractivity contribution is -0.120. The maximum atomic E-state index is 12.4. The van der Waals surface area contributed by atoms with E-state index >= 15 is 0 Å². The van der Waals surface area contributed by atoms with Crippen molar-refractivity contribution < 1.29 is 9.53 Å². The number of aromatic amines is 1. The number of hydrogen-bond acceptors (Lipinski definition) is 5. The number of rotatable bonds is 5. The number of para-hydroxylation sites is 1. The number of H-pyrrole nitrogens is 1. The van der Waals surface area contributed by atoms with Crippen LogP contribution in [0.25, 0.3) is 5.78 Å². The summed E-state index contributed by atoms with van der Waals surface area (Å²) in [6, 6.07) is 7.61. The van der Waals surface area contributed by atoms with Crippen molar-refractivity contribution >= 4 is 23.9 Å². The summed E-state index contributed by atoms with van der Waals surface area (Å²) in [4.78, 5) is 21.0. The number of benzene rings is 1. The second-order valence-electron chi connectivity index (χ2n) is 5.69. The van der Waals surface area contributed by atoms with Crippen molar-refractivity contribution in [3.05, 3.63) is 51.6 Å². The summed E-state index contributed by atoms with van der Waals surface area (Å²) < 4.78 is 7.37. The molecule has 0 aliphatic rings. The molecule has 1 amide bonds. The second kappa shape index (κ2) is 7.02. The van der Waals surface area contributed by atoms with Crippen LogP contribution in [0.4, 0.5) is 0 Å². The summed E-state index contributed by atoms with van der Waals surface area (Å²) in [5.74, 6) is 1.18. The molecule has 3 aromatic rings. The predicted molar refractivity (Wildman–Crippen MR) is 96.2 cm³/mol. The molecule has 2 N–H and O–H groups in total. The van der Waals surface area contributed by atoms with Crippen LogP contribution in [-0.4, -0.2) is 32.6 Å². The predicted octanol–water partition coefficient (Wildman–Crippen LogP) is 2.27. The number of aromatic nitrogens is 4. The van der Waals surface area contributed by atoms with Crippen molar-refractivity contribution in [2.24, 2.45) is 0 Å². The van der Waals surface area contributed by atoms with Gasteiger partial charge in [0.05, 0.1) is 13.5 Å². The zero-order chi connectivity index (χ0) is 18.0.